The first kappa shape index (κ1) is 69.8. The molecule has 564 valence electrons. The van der Waals surface area contributed by atoms with E-state index in [1.807, 2.05) is 6.07 Å². The van der Waals surface area contributed by atoms with Crippen LogP contribution in [0.15, 0.2) is 393 Å². The van der Waals surface area contributed by atoms with Crippen LogP contribution in [0.5, 0.6) is 0 Å². The fourth-order valence-electron chi connectivity index (χ4n) is 22.4. The topological polar surface area (TPSA) is 13.1 Å². The van der Waals surface area contributed by atoms with Crippen molar-refractivity contribution in [3.8, 4) is 111 Å². The average Bonchev–Trinajstić information content (AvgIpc) is 1.58. The zero-order valence-electron chi connectivity index (χ0n) is 67.9. The van der Waals surface area contributed by atoms with Gasteiger partial charge in [0.05, 0.1) is 0 Å². The zero-order chi connectivity index (χ0) is 80.0. The SMILES string of the molecule is CC1(C)c2c(-c3cccc(-c4c5ccccc5c(-c5ccc(-c6cccc7c6oc6ccccc67)cc5)c5ccccc45)c3)cccc2-c2c1c1ccccc1c1ccccc21.CC1(C)c2ccccc2-c2ccc(-c3c4ccccc4c(-c4ccc(-c5cccc6c5-c5c(c7ccccc7c7ccccc57)C6(C)C)cc4)c4ccccc34)cc21. The van der Waals surface area contributed by atoms with E-state index in [-0.39, 0.29) is 16.2 Å². The summed E-state index contributed by atoms with van der Waals surface area (Å²) in [5.41, 5.74) is 35.5. The van der Waals surface area contributed by atoms with Gasteiger partial charge in [-0.1, -0.05) is 412 Å². The van der Waals surface area contributed by atoms with E-state index in [1.165, 1.54) is 220 Å². The van der Waals surface area contributed by atoms with Gasteiger partial charge in [-0.15, -0.1) is 0 Å². The highest BCUT2D eigenvalue weighted by atomic mass is 16.3. The van der Waals surface area contributed by atoms with Gasteiger partial charge in [0.15, 0.2) is 0 Å². The quantitative estimate of drug-likeness (QED) is 0.114. The Morgan fingerprint density at radius 3 is 1.04 bits per heavy atom. The summed E-state index contributed by atoms with van der Waals surface area (Å²) in [5.74, 6) is 0. The third kappa shape index (κ3) is 10.1. The molecule has 0 saturated heterocycles. The van der Waals surface area contributed by atoms with Crippen molar-refractivity contribution >= 4 is 108 Å². The lowest BCUT2D eigenvalue weighted by atomic mass is 9.76. The molecular weight excluding hydrogens is 1450 g/mol. The highest BCUT2D eigenvalue weighted by Gasteiger charge is 2.43. The summed E-state index contributed by atoms with van der Waals surface area (Å²) in [4.78, 5) is 0. The van der Waals surface area contributed by atoms with Gasteiger partial charge in [-0.05, 0) is 243 Å². The predicted octanol–water partition coefficient (Wildman–Crippen LogP) is 33.1. The molecule has 3 aliphatic rings. The number of benzene rings is 21. The van der Waals surface area contributed by atoms with Crippen molar-refractivity contribution in [2.24, 2.45) is 0 Å². The van der Waals surface area contributed by atoms with Gasteiger partial charge >= 0.3 is 0 Å². The summed E-state index contributed by atoms with van der Waals surface area (Å²) < 4.78 is 6.44. The van der Waals surface area contributed by atoms with Gasteiger partial charge in [-0.3, -0.25) is 0 Å². The Bertz CT molecular complexity index is 8040. The first-order valence-corrected chi connectivity index (χ1v) is 42.4. The molecule has 0 atom stereocenters. The molecule has 0 bridgehead atoms. The normalized spacial score (nSPS) is 13.8. The molecule has 0 radical (unpaired) electrons. The summed E-state index contributed by atoms with van der Waals surface area (Å²) in [6, 6.07) is 145. The van der Waals surface area contributed by atoms with Crippen LogP contribution in [0.3, 0.4) is 0 Å². The smallest absolute Gasteiger partial charge is 0.143 e. The predicted molar refractivity (Wildman–Crippen MR) is 511 cm³/mol. The molecule has 0 fully saturated rings. The molecule has 0 saturated carbocycles. The lowest BCUT2D eigenvalue weighted by molar-refractivity contribution is 0.660. The monoisotopic (exact) mass is 1530 g/mol. The minimum Gasteiger partial charge on any atom is -0.455 e. The fourth-order valence-corrected chi connectivity index (χ4v) is 22.4. The molecule has 0 aliphatic heterocycles. The van der Waals surface area contributed by atoms with Gasteiger partial charge in [0.1, 0.15) is 11.2 Å². The lowest BCUT2D eigenvalue weighted by Crippen LogP contribution is -2.17. The van der Waals surface area contributed by atoms with Crippen LogP contribution in [0, 0.1) is 0 Å². The van der Waals surface area contributed by atoms with Gasteiger partial charge in [0.2, 0.25) is 0 Å². The van der Waals surface area contributed by atoms with Crippen molar-refractivity contribution in [1.29, 1.82) is 0 Å². The molecule has 0 spiro atoms. The van der Waals surface area contributed by atoms with Crippen molar-refractivity contribution in [2.75, 3.05) is 0 Å². The minimum absolute atomic E-state index is 0.0627. The molecule has 1 aromatic heterocycles. The summed E-state index contributed by atoms with van der Waals surface area (Å²) in [6.07, 6.45) is 0. The van der Waals surface area contributed by atoms with Crippen molar-refractivity contribution in [2.45, 2.75) is 57.8 Å². The van der Waals surface area contributed by atoms with Crippen LogP contribution in [0.2, 0.25) is 0 Å². The van der Waals surface area contributed by atoms with Crippen LogP contribution in [0.25, 0.3) is 219 Å². The summed E-state index contributed by atoms with van der Waals surface area (Å²) >= 11 is 0. The molecule has 0 amide bonds. The number of rotatable bonds is 7. The lowest BCUT2D eigenvalue weighted by Gasteiger charge is -2.26. The van der Waals surface area contributed by atoms with Gasteiger partial charge in [0, 0.05) is 32.6 Å². The van der Waals surface area contributed by atoms with Crippen molar-refractivity contribution in [3.05, 3.63) is 422 Å². The Labute approximate surface area is 698 Å². The minimum atomic E-state index is -0.212. The maximum absolute atomic E-state index is 6.44. The average molecular weight is 1530 g/mol. The van der Waals surface area contributed by atoms with Crippen LogP contribution in [-0.4, -0.2) is 0 Å². The Balaban J connectivity index is 0.000000137. The number of fused-ring (bicyclic) bond motifs is 26. The van der Waals surface area contributed by atoms with Crippen LogP contribution in [0.4, 0.5) is 0 Å². The molecule has 120 heavy (non-hydrogen) atoms. The molecule has 21 aromatic carbocycles. The second kappa shape index (κ2) is 26.3. The summed E-state index contributed by atoms with van der Waals surface area (Å²) in [6.45, 7) is 14.4. The largest absolute Gasteiger partial charge is 0.455 e. The number of hydrogen-bond acceptors (Lipinski definition) is 1. The van der Waals surface area contributed by atoms with Crippen molar-refractivity contribution in [1.82, 2.24) is 0 Å². The molecule has 22 aromatic rings. The van der Waals surface area contributed by atoms with E-state index in [0.717, 1.165) is 33.1 Å². The van der Waals surface area contributed by atoms with Gasteiger partial charge in [-0.25, -0.2) is 0 Å². The first-order valence-electron chi connectivity index (χ1n) is 42.4. The Hall–Kier alpha value is -14.5. The molecule has 1 heteroatoms. The maximum atomic E-state index is 6.44. The highest BCUT2D eigenvalue weighted by molar-refractivity contribution is 6.25. The Morgan fingerprint density at radius 2 is 0.492 bits per heavy atom. The van der Waals surface area contributed by atoms with Gasteiger partial charge in [-0.2, -0.15) is 0 Å². The van der Waals surface area contributed by atoms with E-state index in [1.54, 1.807) is 0 Å². The number of furan rings is 1. The Morgan fingerprint density at radius 1 is 0.158 bits per heavy atom. The molecule has 0 unspecified atom stereocenters. The van der Waals surface area contributed by atoms with Crippen LogP contribution < -0.4 is 0 Å². The number of hydrogen-bond donors (Lipinski definition) is 0. The molecule has 1 heterocycles. The highest BCUT2D eigenvalue weighted by Crippen LogP contribution is 2.61. The molecule has 1 nitrogen and oxygen atoms in total. The first-order chi connectivity index (χ1) is 58.9. The standard InChI is InChI=1S/C61H40O.C58H42/c1-61(2)58-41(27-14-30-53(58)57-46-21-5-3-18-43(46)44-19-4-10-26-51(44)59(57)61)39-16-13-17-40(36-39)56-49-24-8-6-22-47(49)55(48-23-7-9-25-50(48)56)38-34-32-37(33-35-38)42-28-15-29-52-45-20-11-12-31-54(45)62-60(42)52;1-57(2)49-26-14-13-18-41(49)42-33-32-37(34-51(42)57)53-46-22-10-8-20-44(46)52(45-21-9-11-23-47(45)53)36-30-28-35(29-31-36)38-25-15-27-50-54(38)55-43-19-7-5-16-39(43)40-17-6-12-24-48(40)56(55)58(50,3)4/h3-36H,1-2H3;5-34H,1-4H3. The number of para-hydroxylation sites is 2. The fraction of sp³-hybridized carbons (Fsp3) is 0.0756. The molecule has 25 rings (SSSR count). The molecular formula is C119H82O. The van der Waals surface area contributed by atoms with Crippen LogP contribution >= 0.6 is 0 Å². The molecule has 0 N–H and O–H groups in total. The summed E-state index contributed by atoms with van der Waals surface area (Å²) in [7, 11) is 0. The second-order valence-electron chi connectivity index (χ2n) is 35.0. The van der Waals surface area contributed by atoms with E-state index in [0.29, 0.717) is 0 Å². The second-order valence-corrected chi connectivity index (χ2v) is 35.0. The van der Waals surface area contributed by atoms with E-state index < -0.39 is 0 Å². The maximum Gasteiger partial charge on any atom is 0.143 e. The zero-order valence-corrected chi connectivity index (χ0v) is 67.9. The van der Waals surface area contributed by atoms with Gasteiger partial charge in [0.25, 0.3) is 0 Å². The van der Waals surface area contributed by atoms with E-state index in [9.17, 15) is 0 Å². The van der Waals surface area contributed by atoms with Crippen LogP contribution in [0.1, 0.15) is 74.9 Å². The Kier molecular flexibility index (Phi) is 15.3. The van der Waals surface area contributed by atoms with Gasteiger partial charge < -0.3 is 4.42 Å². The third-order valence-corrected chi connectivity index (χ3v) is 27.6. The summed E-state index contributed by atoms with van der Waals surface area (Å²) in [5, 5.41) is 23.1. The third-order valence-electron chi connectivity index (χ3n) is 27.6. The van der Waals surface area contributed by atoms with E-state index >= 15 is 0 Å². The van der Waals surface area contributed by atoms with Crippen molar-refractivity contribution in [3.63, 3.8) is 0 Å². The van der Waals surface area contributed by atoms with E-state index in [2.05, 4.69) is 424 Å². The molecule has 3 aliphatic carbocycles. The van der Waals surface area contributed by atoms with Crippen molar-refractivity contribution < 1.29 is 4.42 Å². The van der Waals surface area contributed by atoms with Crippen LogP contribution in [-0.2, 0) is 16.2 Å². The van der Waals surface area contributed by atoms with E-state index in [4.69, 9.17) is 4.42 Å².